The number of pyridine rings is 1. The maximum atomic E-state index is 12.1. The van der Waals surface area contributed by atoms with Crippen molar-refractivity contribution in [1.29, 1.82) is 0 Å². The fourth-order valence-corrected chi connectivity index (χ4v) is 3.95. The highest BCUT2D eigenvalue weighted by Gasteiger charge is 2.18. The van der Waals surface area contributed by atoms with E-state index in [1.807, 2.05) is 6.07 Å². The predicted molar refractivity (Wildman–Crippen MR) is 93.7 cm³/mol. The summed E-state index contributed by atoms with van der Waals surface area (Å²) in [5, 5.41) is 2.76. The number of nitrogens with zero attached hydrogens (tertiary/aromatic N) is 1. The molecule has 0 spiro atoms. The first kappa shape index (κ1) is 16.9. The highest BCUT2D eigenvalue weighted by molar-refractivity contribution is 7.14. The number of anilines is 1. The molecule has 2 aromatic rings. The van der Waals surface area contributed by atoms with Crippen LogP contribution < -0.4 is 5.32 Å². The summed E-state index contributed by atoms with van der Waals surface area (Å²) < 4.78 is 5.11. The van der Waals surface area contributed by atoms with E-state index in [0.717, 1.165) is 25.7 Å². The quantitative estimate of drug-likeness (QED) is 0.508. The molecule has 2 heterocycles. The van der Waals surface area contributed by atoms with Gasteiger partial charge in [0.2, 0.25) is 0 Å². The van der Waals surface area contributed by atoms with Gasteiger partial charge >= 0.3 is 5.97 Å². The zero-order valence-corrected chi connectivity index (χ0v) is 14.6. The Kier molecular flexibility index (Phi) is 5.48. The van der Waals surface area contributed by atoms with Crippen molar-refractivity contribution >= 4 is 40.5 Å². The number of amides is 1. The van der Waals surface area contributed by atoms with Crippen molar-refractivity contribution in [2.75, 3.05) is 11.9 Å². The third-order valence-electron chi connectivity index (χ3n) is 3.82. The average molecular weight is 365 g/mol. The number of ether oxygens (including phenoxy) is 1. The molecule has 1 aliphatic rings. The molecule has 0 aromatic carbocycles. The number of aryl methyl sites for hydroxylation is 2. The third-order valence-corrected chi connectivity index (χ3v) is 5.33. The van der Waals surface area contributed by atoms with Gasteiger partial charge < -0.3 is 10.1 Å². The third kappa shape index (κ3) is 4.13. The van der Waals surface area contributed by atoms with E-state index in [1.165, 1.54) is 34.4 Å². The number of carbonyl (C=O) groups excluding carboxylic acids is 2. The molecule has 5 nitrogen and oxygen atoms in total. The summed E-state index contributed by atoms with van der Waals surface area (Å²) in [4.78, 5) is 29.7. The van der Waals surface area contributed by atoms with Crippen LogP contribution in [-0.2, 0) is 22.4 Å². The van der Waals surface area contributed by atoms with Gasteiger partial charge in [-0.25, -0.2) is 9.78 Å². The standard InChI is InChI=1S/C17H17ClN2O3S/c18-16-12(6-4-8-19-16)20-15(21)10-23-17(22)14-9-11-5-2-1-3-7-13(11)24-14/h4,6,8-9H,1-3,5,7,10H2,(H,20,21). The monoisotopic (exact) mass is 364 g/mol. The number of carbonyl (C=O) groups is 2. The Balaban J connectivity index is 1.55. The molecule has 0 saturated carbocycles. The van der Waals surface area contributed by atoms with Crippen molar-refractivity contribution in [2.45, 2.75) is 32.1 Å². The number of thiophene rings is 1. The lowest BCUT2D eigenvalue weighted by atomic mass is 10.1. The number of aromatic nitrogens is 1. The number of hydrogen-bond acceptors (Lipinski definition) is 5. The first-order valence-corrected chi connectivity index (χ1v) is 9.02. The van der Waals surface area contributed by atoms with Gasteiger partial charge in [0.1, 0.15) is 4.88 Å². The highest BCUT2D eigenvalue weighted by Crippen LogP contribution is 2.29. The predicted octanol–water partition coefficient (Wildman–Crippen LogP) is 3.86. The minimum absolute atomic E-state index is 0.194. The van der Waals surface area contributed by atoms with Crippen LogP contribution in [0.2, 0.25) is 5.15 Å². The summed E-state index contributed by atoms with van der Waals surface area (Å²) in [6.07, 6.45) is 7.12. The van der Waals surface area contributed by atoms with E-state index < -0.39 is 11.9 Å². The van der Waals surface area contributed by atoms with E-state index >= 15 is 0 Å². The Labute approximate surface area is 149 Å². The topological polar surface area (TPSA) is 68.3 Å². The molecule has 3 rings (SSSR count). The molecule has 24 heavy (non-hydrogen) atoms. The average Bonchev–Trinajstić information content (AvgIpc) is 2.86. The maximum absolute atomic E-state index is 12.1. The number of nitrogens with one attached hydrogen (secondary N) is 1. The van der Waals surface area contributed by atoms with Crippen LogP contribution in [-0.4, -0.2) is 23.5 Å². The minimum atomic E-state index is -0.458. The summed E-state index contributed by atoms with van der Waals surface area (Å²) in [5.41, 5.74) is 1.64. The second-order valence-corrected chi connectivity index (χ2v) is 7.08. The summed E-state index contributed by atoms with van der Waals surface area (Å²) >= 11 is 7.34. The van der Waals surface area contributed by atoms with E-state index in [1.54, 1.807) is 12.1 Å². The van der Waals surface area contributed by atoms with Gasteiger partial charge in [0.25, 0.3) is 5.91 Å². The van der Waals surface area contributed by atoms with Gasteiger partial charge in [-0.15, -0.1) is 11.3 Å². The minimum Gasteiger partial charge on any atom is -0.451 e. The molecule has 126 valence electrons. The summed E-state index contributed by atoms with van der Waals surface area (Å²) in [6, 6.07) is 5.20. The van der Waals surface area contributed by atoms with Crippen molar-refractivity contribution in [3.05, 3.63) is 44.9 Å². The number of rotatable bonds is 4. The van der Waals surface area contributed by atoms with Crippen LogP contribution in [0.4, 0.5) is 5.69 Å². The van der Waals surface area contributed by atoms with Crippen molar-refractivity contribution < 1.29 is 14.3 Å². The Bertz CT molecular complexity index is 737. The second-order valence-electron chi connectivity index (χ2n) is 5.59. The molecular formula is C17H17ClN2O3S. The Morgan fingerprint density at radius 3 is 2.96 bits per heavy atom. The number of hydrogen-bond donors (Lipinski definition) is 1. The van der Waals surface area contributed by atoms with E-state index in [4.69, 9.17) is 16.3 Å². The molecule has 0 aliphatic heterocycles. The summed E-state index contributed by atoms with van der Waals surface area (Å²) in [5.74, 6) is -0.906. The molecule has 7 heteroatoms. The van der Waals surface area contributed by atoms with Gasteiger partial charge in [-0.1, -0.05) is 18.0 Å². The van der Waals surface area contributed by atoms with Crippen molar-refractivity contribution in [1.82, 2.24) is 4.98 Å². The van der Waals surface area contributed by atoms with Crippen LogP contribution in [0.5, 0.6) is 0 Å². The molecule has 1 N–H and O–H groups in total. The SMILES string of the molecule is O=C(COC(=O)c1cc2c(s1)CCCCC2)Nc1cccnc1Cl. The normalized spacial score (nSPS) is 13.7. The van der Waals surface area contributed by atoms with E-state index in [-0.39, 0.29) is 11.8 Å². The van der Waals surface area contributed by atoms with E-state index in [2.05, 4.69) is 10.3 Å². The van der Waals surface area contributed by atoms with Crippen molar-refractivity contribution in [2.24, 2.45) is 0 Å². The van der Waals surface area contributed by atoms with Gasteiger partial charge in [-0.3, -0.25) is 4.79 Å². The Hall–Kier alpha value is -1.92. The van der Waals surface area contributed by atoms with Crippen LogP contribution in [0.15, 0.2) is 24.4 Å². The number of fused-ring (bicyclic) bond motifs is 1. The van der Waals surface area contributed by atoms with E-state index in [0.29, 0.717) is 10.6 Å². The summed E-state index contributed by atoms with van der Waals surface area (Å²) in [7, 11) is 0. The van der Waals surface area contributed by atoms with Crippen molar-refractivity contribution in [3.8, 4) is 0 Å². The molecule has 0 saturated heterocycles. The lowest BCUT2D eigenvalue weighted by molar-refractivity contribution is -0.119. The fourth-order valence-electron chi connectivity index (χ4n) is 2.64. The fraction of sp³-hybridized carbons (Fsp3) is 0.353. The molecule has 1 aliphatic carbocycles. The largest absolute Gasteiger partial charge is 0.451 e. The molecule has 0 bridgehead atoms. The molecule has 0 fully saturated rings. The molecule has 2 aromatic heterocycles. The van der Waals surface area contributed by atoms with Crippen LogP contribution in [0, 0.1) is 0 Å². The van der Waals surface area contributed by atoms with E-state index in [9.17, 15) is 9.59 Å². The zero-order chi connectivity index (χ0) is 16.9. The van der Waals surface area contributed by atoms with Crippen LogP contribution in [0.3, 0.4) is 0 Å². The molecule has 1 amide bonds. The second kappa shape index (κ2) is 7.77. The van der Waals surface area contributed by atoms with Crippen LogP contribution in [0.1, 0.15) is 39.4 Å². The van der Waals surface area contributed by atoms with Gasteiger partial charge in [-0.2, -0.15) is 0 Å². The first-order valence-electron chi connectivity index (χ1n) is 7.82. The summed E-state index contributed by atoms with van der Waals surface area (Å²) in [6.45, 7) is -0.355. The number of esters is 1. The lowest BCUT2D eigenvalue weighted by Gasteiger charge is -2.06. The zero-order valence-electron chi connectivity index (χ0n) is 13.0. The number of halogens is 1. The van der Waals surface area contributed by atoms with Gasteiger partial charge in [0.15, 0.2) is 11.8 Å². The Morgan fingerprint density at radius 2 is 2.12 bits per heavy atom. The van der Waals surface area contributed by atoms with Gasteiger partial charge in [-0.05, 0) is 49.4 Å². The first-order chi connectivity index (χ1) is 11.6. The highest BCUT2D eigenvalue weighted by atomic mass is 35.5. The molecule has 0 radical (unpaired) electrons. The lowest BCUT2D eigenvalue weighted by Crippen LogP contribution is -2.20. The molecule has 0 unspecified atom stereocenters. The van der Waals surface area contributed by atoms with Crippen LogP contribution in [0.25, 0.3) is 0 Å². The maximum Gasteiger partial charge on any atom is 0.348 e. The van der Waals surface area contributed by atoms with Gasteiger partial charge in [0.05, 0.1) is 5.69 Å². The molecular weight excluding hydrogens is 348 g/mol. The Morgan fingerprint density at radius 1 is 1.29 bits per heavy atom. The molecule has 0 atom stereocenters. The van der Waals surface area contributed by atoms with Crippen molar-refractivity contribution in [3.63, 3.8) is 0 Å². The smallest absolute Gasteiger partial charge is 0.348 e. The van der Waals surface area contributed by atoms with Gasteiger partial charge in [0, 0.05) is 11.1 Å². The van der Waals surface area contributed by atoms with Crippen LogP contribution >= 0.6 is 22.9 Å².